The second-order valence-electron chi connectivity index (χ2n) is 5.41. The smallest absolute Gasteiger partial charge is 0.224 e. The molecule has 1 atom stereocenters. The Kier molecular flexibility index (Phi) is 5.40. The van der Waals surface area contributed by atoms with E-state index in [1.54, 1.807) is 12.0 Å². The van der Waals surface area contributed by atoms with Gasteiger partial charge >= 0.3 is 0 Å². The maximum Gasteiger partial charge on any atom is 0.224 e. The van der Waals surface area contributed by atoms with Gasteiger partial charge in [0.05, 0.1) is 12.6 Å². The van der Waals surface area contributed by atoms with Gasteiger partial charge in [0.25, 0.3) is 0 Å². The molecule has 4 heteroatoms. The first-order valence-electron chi connectivity index (χ1n) is 6.52. The number of carbonyl (C=O) groups is 1. The van der Waals surface area contributed by atoms with E-state index in [4.69, 9.17) is 10.5 Å². The molecule has 0 aromatic rings. The first-order valence-corrected chi connectivity index (χ1v) is 6.52. The van der Waals surface area contributed by atoms with Crippen molar-refractivity contribution in [3.8, 4) is 0 Å². The van der Waals surface area contributed by atoms with Crippen LogP contribution in [-0.2, 0) is 9.53 Å². The standard InChI is InChI=1S/C13H26N2O2/c1-11(10-17-3)15(2)12(16)9-13(14)7-5-4-6-8-13/h11H,4-10,14H2,1-3H3. The highest BCUT2D eigenvalue weighted by atomic mass is 16.5. The molecule has 0 saturated heterocycles. The largest absolute Gasteiger partial charge is 0.383 e. The van der Waals surface area contributed by atoms with Crippen LogP contribution in [0.1, 0.15) is 45.4 Å². The van der Waals surface area contributed by atoms with Crippen LogP contribution in [0, 0.1) is 0 Å². The summed E-state index contributed by atoms with van der Waals surface area (Å²) in [5.74, 6) is 0.138. The van der Waals surface area contributed by atoms with E-state index in [-0.39, 0.29) is 17.5 Å². The van der Waals surface area contributed by atoms with Crippen molar-refractivity contribution >= 4 is 5.91 Å². The molecule has 0 bridgehead atoms. The predicted molar refractivity (Wildman–Crippen MR) is 68.7 cm³/mol. The number of amides is 1. The molecule has 0 aromatic heterocycles. The molecule has 0 aliphatic heterocycles. The summed E-state index contributed by atoms with van der Waals surface area (Å²) in [6, 6.07) is 0.111. The fraction of sp³-hybridized carbons (Fsp3) is 0.923. The van der Waals surface area contributed by atoms with Gasteiger partial charge in [0, 0.05) is 26.1 Å². The molecule has 2 N–H and O–H groups in total. The van der Waals surface area contributed by atoms with Crippen molar-refractivity contribution in [1.82, 2.24) is 4.90 Å². The molecule has 1 amide bonds. The molecule has 4 nitrogen and oxygen atoms in total. The number of rotatable bonds is 5. The Morgan fingerprint density at radius 2 is 2.00 bits per heavy atom. The van der Waals surface area contributed by atoms with Gasteiger partial charge in [-0.05, 0) is 19.8 Å². The quantitative estimate of drug-likeness (QED) is 0.795. The number of hydrogen-bond donors (Lipinski definition) is 1. The van der Waals surface area contributed by atoms with Crippen LogP contribution in [0.25, 0.3) is 0 Å². The minimum atomic E-state index is -0.267. The van der Waals surface area contributed by atoms with Gasteiger partial charge in [0.15, 0.2) is 0 Å². The van der Waals surface area contributed by atoms with Gasteiger partial charge in [-0.2, -0.15) is 0 Å². The van der Waals surface area contributed by atoms with Crippen molar-refractivity contribution in [2.24, 2.45) is 5.73 Å². The van der Waals surface area contributed by atoms with Gasteiger partial charge < -0.3 is 15.4 Å². The number of hydrogen-bond acceptors (Lipinski definition) is 3. The van der Waals surface area contributed by atoms with Crippen molar-refractivity contribution in [1.29, 1.82) is 0 Å². The number of likely N-dealkylation sites (N-methyl/N-ethyl adjacent to an activating group) is 1. The highest BCUT2D eigenvalue weighted by molar-refractivity contribution is 5.77. The molecule has 1 rings (SSSR count). The normalized spacial score (nSPS) is 20.9. The summed E-state index contributed by atoms with van der Waals surface area (Å²) >= 11 is 0. The molecule has 1 aliphatic carbocycles. The van der Waals surface area contributed by atoms with E-state index < -0.39 is 0 Å². The second kappa shape index (κ2) is 6.36. The fourth-order valence-electron chi connectivity index (χ4n) is 2.46. The van der Waals surface area contributed by atoms with E-state index in [9.17, 15) is 4.79 Å². The Balaban J connectivity index is 2.46. The van der Waals surface area contributed by atoms with E-state index in [0.717, 1.165) is 25.7 Å². The number of nitrogens with zero attached hydrogens (tertiary/aromatic N) is 1. The molecule has 0 heterocycles. The van der Waals surface area contributed by atoms with Crippen LogP contribution in [0.5, 0.6) is 0 Å². The summed E-state index contributed by atoms with van der Waals surface area (Å²) in [6.45, 7) is 2.56. The first kappa shape index (κ1) is 14.5. The maximum atomic E-state index is 12.1. The summed E-state index contributed by atoms with van der Waals surface area (Å²) in [4.78, 5) is 13.9. The van der Waals surface area contributed by atoms with Crippen LogP contribution in [-0.4, -0.2) is 43.2 Å². The Hall–Kier alpha value is -0.610. The molecule has 0 spiro atoms. The molecule has 17 heavy (non-hydrogen) atoms. The molecule has 0 radical (unpaired) electrons. The summed E-state index contributed by atoms with van der Waals surface area (Å²) in [6.07, 6.45) is 5.99. The fourth-order valence-corrected chi connectivity index (χ4v) is 2.46. The van der Waals surface area contributed by atoms with Gasteiger partial charge in [-0.1, -0.05) is 19.3 Å². The number of nitrogens with two attached hydrogens (primary N) is 1. The van der Waals surface area contributed by atoms with Crippen LogP contribution >= 0.6 is 0 Å². The highest BCUT2D eigenvalue weighted by Gasteiger charge is 2.31. The van der Waals surface area contributed by atoms with Crippen molar-refractivity contribution in [3.63, 3.8) is 0 Å². The minimum absolute atomic E-state index is 0.111. The number of methoxy groups -OCH3 is 1. The molecule has 1 fully saturated rings. The van der Waals surface area contributed by atoms with E-state index in [0.29, 0.717) is 13.0 Å². The van der Waals surface area contributed by atoms with E-state index >= 15 is 0 Å². The Morgan fingerprint density at radius 1 is 1.41 bits per heavy atom. The predicted octanol–water partition coefficient (Wildman–Crippen LogP) is 1.53. The Bertz CT molecular complexity index is 250. The van der Waals surface area contributed by atoms with Crippen molar-refractivity contribution in [2.75, 3.05) is 20.8 Å². The lowest BCUT2D eigenvalue weighted by atomic mass is 9.80. The minimum Gasteiger partial charge on any atom is -0.383 e. The zero-order chi connectivity index (χ0) is 12.9. The molecule has 0 aromatic carbocycles. The molecular weight excluding hydrogens is 216 g/mol. The third kappa shape index (κ3) is 4.28. The lowest BCUT2D eigenvalue weighted by molar-refractivity contribution is -0.134. The van der Waals surface area contributed by atoms with Crippen LogP contribution in [0.3, 0.4) is 0 Å². The third-order valence-electron chi connectivity index (χ3n) is 3.82. The average molecular weight is 242 g/mol. The summed E-state index contributed by atoms with van der Waals surface area (Å²) < 4.78 is 5.06. The third-order valence-corrected chi connectivity index (χ3v) is 3.82. The van der Waals surface area contributed by atoms with Gasteiger partial charge in [-0.3, -0.25) is 4.79 Å². The topological polar surface area (TPSA) is 55.6 Å². The van der Waals surface area contributed by atoms with Crippen LogP contribution in [0.2, 0.25) is 0 Å². The summed E-state index contributed by atoms with van der Waals surface area (Å²) in [5.41, 5.74) is 6.03. The molecule has 100 valence electrons. The van der Waals surface area contributed by atoms with Crippen molar-refractivity contribution in [2.45, 2.75) is 57.0 Å². The molecular formula is C13H26N2O2. The van der Waals surface area contributed by atoms with Gasteiger partial charge in [-0.25, -0.2) is 0 Å². The lowest BCUT2D eigenvalue weighted by Crippen LogP contribution is -2.48. The number of ether oxygens (including phenoxy) is 1. The highest BCUT2D eigenvalue weighted by Crippen LogP contribution is 2.29. The average Bonchev–Trinajstić information content (AvgIpc) is 2.28. The van der Waals surface area contributed by atoms with Crippen LogP contribution in [0.15, 0.2) is 0 Å². The monoisotopic (exact) mass is 242 g/mol. The van der Waals surface area contributed by atoms with E-state index in [1.165, 1.54) is 6.42 Å². The van der Waals surface area contributed by atoms with Crippen molar-refractivity contribution < 1.29 is 9.53 Å². The zero-order valence-electron chi connectivity index (χ0n) is 11.4. The summed E-state index contributed by atoms with van der Waals surface area (Å²) in [7, 11) is 3.48. The van der Waals surface area contributed by atoms with Crippen LogP contribution < -0.4 is 5.73 Å². The zero-order valence-corrected chi connectivity index (χ0v) is 11.4. The van der Waals surface area contributed by atoms with Gasteiger partial charge in [0.1, 0.15) is 0 Å². The second-order valence-corrected chi connectivity index (χ2v) is 5.41. The molecule has 1 saturated carbocycles. The van der Waals surface area contributed by atoms with Gasteiger partial charge in [0.2, 0.25) is 5.91 Å². The lowest BCUT2D eigenvalue weighted by Gasteiger charge is -2.35. The van der Waals surface area contributed by atoms with Crippen LogP contribution in [0.4, 0.5) is 0 Å². The molecule has 1 unspecified atom stereocenters. The first-order chi connectivity index (χ1) is 7.98. The molecule has 1 aliphatic rings. The van der Waals surface area contributed by atoms with Gasteiger partial charge in [-0.15, -0.1) is 0 Å². The van der Waals surface area contributed by atoms with Crippen molar-refractivity contribution in [3.05, 3.63) is 0 Å². The Labute approximate surface area is 104 Å². The van der Waals surface area contributed by atoms with E-state index in [2.05, 4.69) is 0 Å². The van der Waals surface area contributed by atoms with E-state index in [1.807, 2.05) is 14.0 Å². The summed E-state index contributed by atoms with van der Waals surface area (Å²) in [5, 5.41) is 0. The number of carbonyl (C=O) groups excluding carboxylic acids is 1. The SMILES string of the molecule is COCC(C)N(C)C(=O)CC1(N)CCCCC1. The Morgan fingerprint density at radius 3 is 2.53 bits per heavy atom. The maximum absolute atomic E-state index is 12.1.